The zero-order valence-electron chi connectivity index (χ0n) is 8.43. The predicted octanol–water partition coefficient (Wildman–Crippen LogP) is 2.86. The standard InChI is InChI=1S/C7H5N2O.C5H5.Fe/c1-2-4-6(3-1)7-5-10-9-8-7;1-2-4-5-3-1;/h1-5H;1-5H;/q2*-1;+2. The first-order chi connectivity index (χ1) is 7.47. The van der Waals surface area contributed by atoms with Gasteiger partial charge in [-0.05, 0) is 0 Å². The van der Waals surface area contributed by atoms with Gasteiger partial charge in [-0.25, -0.2) is 12.1 Å². The summed E-state index contributed by atoms with van der Waals surface area (Å²) in [4.78, 5) is 0. The summed E-state index contributed by atoms with van der Waals surface area (Å²) >= 11 is 0. The van der Waals surface area contributed by atoms with Gasteiger partial charge >= 0.3 is 17.1 Å². The van der Waals surface area contributed by atoms with Crippen LogP contribution in [0.5, 0.6) is 0 Å². The number of rotatable bonds is 1. The monoisotopic (exact) mass is 254 g/mol. The Bertz CT molecular complexity index is 394. The van der Waals surface area contributed by atoms with Gasteiger partial charge in [0, 0.05) is 5.27 Å². The first kappa shape index (κ1) is 12.4. The van der Waals surface area contributed by atoms with E-state index in [0.717, 1.165) is 11.3 Å². The largest absolute Gasteiger partial charge is 2.00 e. The van der Waals surface area contributed by atoms with Crippen LogP contribution in [-0.4, -0.2) is 10.4 Å². The van der Waals surface area contributed by atoms with Crippen molar-refractivity contribution in [2.45, 2.75) is 0 Å². The average Bonchev–Trinajstić information content (AvgIpc) is 3.06. The molecule has 2 aromatic carbocycles. The topological polar surface area (TPSA) is 38.9 Å². The van der Waals surface area contributed by atoms with E-state index in [0.29, 0.717) is 0 Å². The molecule has 1 aromatic heterocycles. The van der Waals surface area contributed by atoms with Crippen molar-refractivity contribution in [3.63, 3.8) is 0 Å². The van der Waals surface area contributed by atoms with Gasteiger partial charge in [-0.2, -0.15) is 30.3 Å². The summed E-state index contributed by atoms with van der Waals surface area (Å²) in [6.07, 6.45) is 1.52. The molecule has 4 heteroatoms. The molecule has 0 fully saturated rings. The molecule has 3 aromatic rings. The molecule has 0 spiro atoms. The molecule has 3 nitrogen and oxygen atoms in total. The molecule has 0 atom stereocenters. The Kier molecular flexibility index (Phi) is 5.26. The summed E-state index contributed by atoms with van der Waals surface area (Å²) in [5.41, 5.74) is 1.83. The van der Waals surface area contributed by atoms with Crippen molar-refractivity contribution in [3.05, 3.63) is 60.9 Å². The normalized spacial score (nSPS) is 8.75. The fourth-order valence-electron chi connectivity index (χ4n) is 1.16. The maximum atomic E-state index is 4.58. The minimum Gasteiger partial charge on any atom is -0.392 e. The van der Waals surface area contributed by atoms with Crippen LogP contribution >= 0.6 is 0 Å². The van der Waals surface area contributed by atoms with Crippen molar-refractivity contribution < 1.29 is 21.6 Å². The van der Waals surface area contributed by atoms with Crippen LogP contribution in [0.25, 0.3) is 11.3 Å². The Balaban J connectivity index is 0.000000183. The van der Waals surface area contributed by atoms with Gasteiger partial charge in [0.05, 0.1) is 12.0 Å². The molecule has 3 rings (SSSR count). The van der Waals surface area contributed by atoms with Crippen molar-refractivity contribution in [1.82, 2.24) is 10.4 Å². The molecule has 0 radical (unpaired) electrons. The van der Waals surface area contributed by atoms with E-state index < -0.39 is 0 Å². The van der Waals surface area contributed by atoms with Gasteiger partial charge in [-0.15, -0.1) is 17.2 Å². The Morgan fingerprint density at radius 1 is 1.06 bits per heavy atom. The molecular weight excluding hydrogens is 244 g/mol. The molecule has 16 heavy (non-hydrogen) atoms. The van der Waals surface area contributed by atoms with Gasteiger partial charge in [0.1, 0.15) is 0 Å². The summed E-state index contributed by atoms with van der Waals surface area (Å²) in [7, 11) is 0. The fraction of sp³-hybridized carbons (Fsp3) is 0. The van der Waals surface area contributed by atoms with E-state index in [1.807, 2.05) is 54.6 Å². The van der Waals surface area contributed by atoms with Crippen molar-refractivity contribution in [3.8, 4) is 11.3 Å². The van der Waals surface area contributed by atoms with Gasteiger partial charge in [-0.1, -0.05) is 5.56 Å². The van der Waals surface area contributed by atoms with Gasteiger partial charge in [0.2, 0.25) is 0 Å². The van der Waals surface area contributed by atoms with Crippen LogP contribution in [0, 0.1) is 0 Å². The summed E-state index contributed by atoms with van der Waals surface area (Å²) < 4.78 is 4.58. The van der Waals surface area contributed by atoms with Crippen molar-refractivity contribution in [1.29, 1.82) is 0 Å². The summed E-state index contributed by atoms with van der Waals surface area (Å²) in [6, 6.07) is 17.8. The Labute approximate surface area is 104 Å². The van der Waals surface area contributed by atoms with Gasteiger partial charge in [0.15, 0.2) is 0 Å². The van der Waals surface area contributed by atoms with Crippen molar-refractivity contribution in [2.24, 2.45) is 0 Å². The van der Waals surface area contributed by atoms with E-state index in [2.05, 4.69) is 14.9 Å². The number of aromatic nitrogens is 2. The minimum atomic E-state index is 0. The SMILES string of the molecule is [Fe+2].c1cc[c-](-c2conn2)c1.c1cc[cH-]c1. The maximum Gasteiger partial charge on any atom is 2.00 e. The zero-order valence-corrected chi connectivity index (χ0v) is 9.53. The number of hydrogen-bond donors (Lipinski definition) is 0. The Morgan fingerprint density at radius 2 is 1.75 bits per heavy atom. The van der Waals surface area contributed by atoms with Crippen molar-refractivity contribution in [2.75, 3.05) is 0 Å². The third kappa shape index (κ3) is 3.50. The second-order valence-electron chi connectivity index (χ2n) is 2.93. The molecule has 82 valence electrons. The quantitative estimate of drug-likeness (QED) is 0.495. The molecular formula is C12H10FeN2O. The molecule has 0 N–H and O–H groups in total. The van der Waals surface area contributed by atoms with Crippen LogP contribution in [-0.2, 0) is 17.1 Å². The summed E-state index contributed by atoms with van der Waals surface area (Å²) in [5, 5.41) is 7.10. The minimum absolute atomic E-state index is 0. The molecule has 0 saturated heterocycles. The van der Waals surface area contributed by atoms with Gasteiger partial charge in [0.25, 0.3) is 0 Å². The van der Waals surface area contributed by atoms with Crippen LogP contribution < -0.4 is 0 Å². The van der Waals surface area contributed by atoms with E-state index in [1.165, 1.54) is 6.26 Å². The fourth-order valence-corrected chi connectivity index (χ4v) is 1.16. The van der Waals surface area contributed by atoms with Crippen molar-refractivity contribution >= 4 is 0 Å². The Morgan fingerprint density at radius 3 is 2.19 bits per heavy atom. The maximum absolute atomic E-state index is 4.58. The van der Waals surface area contributed by atoms with Crippen LogP contribution in [0.2, 0.25) is 0 Å². The number of hydrogen-bond acceptors (Lipinski definition) is 3. The van der Waals surface area contributed by atoms with Crippen LogP contribution in [0.3, 0.4) is 0 Å². The zero-order chi connectivity index (χ0) is 10.3. The summed E-state index contributed by atoms with van der Waals surface area (Å²) in [6.45, 7) is 0. The van der Waals surface area contributed by atoms with E-state index >= 15 is 0 Å². The predicted molar refractivity (Wildman–Crippen MR) is 57.4 cm³/mol. The first-order valence-corrected chi connectivity index (χ1v) is 4.62. The van der Waals surface area contributed by atoms with E-state index in [4.69, 9.17) is 0 Å². The molecule has 1 heterocycles. The average molecular weight is 254 g/mol. The molecule has 0 aliphatic carbocycles. The van der Waals surface area contributed by atoms with E-state index in [9.17, 15) is 0 Å². The van der Waals surface area contributed by atoms with Gasteiger partial charge < -0.3 is 4.52 Å². The summed E-state index contributed by atoms with van der Waals surface area (Å²) in [5.74, 6) is 0. The van der Waals surface area contributed by atoms with Crippen LogP contribution in [0.15, 0.2) is 65.4 Å². The molecule has 0 unspecified atom stereocenters. The van der Waals surface area contributed by atoms with Crippen LogP contribution in [0.4, 0.5) is 0 Å². The molecule has 0 saturated carbocycles. The molecule has 0 amide bonds. The first-order valence-electron chi connectivity index (χ1n) is 4.62. The molecule has 0 aliphatic heterocycles. The van der Waals surface area contributed by atoms with E-state index in [-0.39, 0.29) is 17.1 Å². The second kappa shape index (κ2) is 6.77. The van der Waals surface area contributed by atoms with E-state index in [1.54, 1.807) is 0 Å². The third-order valence-electron chi connectivity index (χ3n) is 1.87. The molecule has 0 bridgehead atoms. The van der Waals surface area contributed by atoms with Gasteiger partial charge in [-0.3, -0.25) is 0 Å². The smallest absolute Gasteiger partial charge is 0.392 e. The second-order valence-corrected chi connectivity index (χ2v) is 2.93. The Hall–Kier alpha value is -1.64. The van der Waals surface area contributed by atoms with Crippen LogP contribution in [0.1, 0.15) is 0 Å². The number of nitrogens with zero attached hydrogens (tertiary/aromatic N) is 2. The third-order valence-corrected chi connectivity index (χ3v) is 1.87. The molecule has 0 aliphatic rings.